The highest BCUT2D eigenvalue weighted by atomic mass is 15.1. The Morgan fingerprint density at radius 3 is 1.11 bits per heavy atom. The Morgan fingerprint density at radius 1 is 0.224 bits per heavy atom. The number of hydrogen-bond donors (Lipinski definition) is 0. The van der Waals surface area contributed by atoms with Crippen molar-refractivity contribution in [2.75, 3.05) is 4.90 Å². The largest absolute Gasteiger partial charge is 0.311 e. The quantitative estimate of drug-likeness (QED) is 0.135. The molecule has 0 radical (unpaired) electrons. The van der Waals surface area contributed by atoms with E-state index in [-0.39, 0.29) is 0 Å². The third-order valence-electron chi connectivity index (χ3n) is 19.3. The van der Waals surface area contributed by atoms with Gasteiger partial charge < -0.3 is 14.0 Å². The van der Waals surface area contributed by atoms with Crippen LogP contribution in [0.15, 0.2) is 352 Å². The topological polar surface area (TPSA) is 69.6 Å². The van der Waals surface area contributed by atoms with Crippen molar-refractivity contribution in [2.24, 2.45) is 0 Å². The van der Waals surface area contributed by atoms with E-state index in [2.05, 4.69) is 358 Å². The van der Waals surface area contributed by atoms with Gasteiger partial charge in [0.25, 0.3) is 0 Å². The summed E-state index contributed by atoms with van der Waals surface area (Å²) in [4.78, 5) is 23.6. The average molecular weight is 1250 g/mol. The molecule has 0 saturated heterocycles. The fourth-order valence-corrected chi connectivity index (χ4v) is 14.9. The number of para-hydroxylation sites is 8. The summed E-state index contributed by atoms with van der Waals surface area (Å²) in [6.07, 6.45) is 0. The first-order valence-corrected chi connectivity index (χ1v) is 33.2. The number of nitrogens with zero attached hydrogens (tertiary/aromatic N) is 8. The number of aromatic nitrogens is 7. The van der Waals surface area contributed by atoms with Crippen LogP contribution < -0.4 is 4.90 Å². The summed E-state index contributed by atoms with van der Waals surface area (Å²) in [5.41, 5.74) is 18.2. The Balaban J connectivity index is 0.000000138. The lowest BCUT2D eigenvalue weighted by Crippen LogP contribution is -2.09. The third-order valence-corrected chi connectivity index (χ3v) is 19.3. The molecule has 8 heteroatoms. The first kappa shape index (κ1) is 56.3. The standard InChI is InChI=1S/C48H32N4.C42H26N4/c1-4-16-33(17-5-1)46-42-32-45(52-43-26-14-12-22-38(43)39-23-13-15-27-44(39)52)40-24-10-11-25-41(40)47(42)50-48(49-46)34-28-30-37(31-29-34)51(35-18-6-2-7-19-35)36-20-8-3-9-21-36;1-2-12-30-27(11-1)23-26-35-40(30)43-41(44-42(35)46-38-19-9-5-15-33(38)34-16-6-10-20-39(34)46)28-21-24-29(25-22-28)45-36-17-7-3-13-31(36)32-14-4-8-18-37(32)45/h1-32H;1-26H. The van der Waals surface area contributed by atoms with E-state index in [1.54, 1.807) is 0 Å². The SMILES string of the molecule is c1ccc(-c2nc(-c3ccc(N(c4ccccc4)c4ccccc4)cc3)nc3c2cc(-n2c4ccccc4c4ccccc42)c2ccccc23)cc1.c1ccc2c(c1)ccc1c(-n3c4ccccc4c4ccccc43)nc(-c3ccc(-n4c5ccccc5c5ccccc54)cc3)nc12. The lowest BCUT2D eigenvalue weighted by Gasteiger charge is -2.25. The van der Waals surface area contributed by atoms with Gasteiger partial charge in [-0.25, -0.2) is 19.9 Å². The van der Waals surface area contributed by atoms with Gasteiger partial charge in [0.1, 0.15) is 5.82 Å². The second kappa shape index (κ2) is 23.3. The van der Waals surface area contributed by atoms with Crippen LogP contribution in [-0.2, 0) is 0 Å². The van der Waals surface area contributed by atoms with E-state index in [4.69, 9.17) is 19.9 Å². The van der Waals surface area contributed by atoms with Crippen molar-refractivity contribution in [3.05, 3.63) is 352 Å². The minimum atomic E-state index is 0.693. The van der Waals surface area contributed by atoms with Crippen LogP contribution in [-0.4, -0.2) is 33.6 Å². The van der Waals surface area contributed by atoms with Crippen molar-refractivity contribution in [2.45, 2.75) is 0 Å². The van der Waals surface area contributed by atoms with Gasteiger partial charge in [-0.1, -0.05) is 231 Å². The maximum absolute atomic E-state index is 5.36. The predicted octanol–water partition coefficient (Wildman–Crippen LogP) is 23.3. The van der Waals surface area contributed by atoms with E-state index < -0.39 is 0 Å². The number of fused-ring (bicyclic) bond motifs is 15. The number of benzene rings is 15. The highest BCUT2D eigenvalue weighted by Gasteiger charge is 2.23. The highest BCUT2D eigenvalue weighted by Crippen LogP contribution is 2.43. The van der Waals surface area contributed by atoms with Crippen LogP contribution in [0.1, 0.15) is 0 Å². The molecule has 0 saturated carbocycles. The molecular weight excluding hydrogens is 1190 g/mol. The Kier molecular flexibility index (Phi) is 13.4. The Hall–Kier alpha value is -13.3. The molecule has 0 bridgehead atoms. The fraction of sp³-hybridized carbons (Fsp3) is 0. The van der Waals surface area contributed by atoms with Gasteiger partial charge in [-0.05, 0) is 127 Å². The molecule has 98 heavy (non-hydrogen) atoms. The zero-order valence-corrected chi connectivity index (χ0v) is 53.1. The van der Waals surface area contributed by atoms with Crippen molar-refractivity contribution in [3.63, 3.8) is 0 Å². The van der Waals surface area contributed by atoms with Gasteiger partial charge in [-0.2, -0.15) is 0 Å². The molecule has 5 aromatic heterocycles. The van der Waals surface area contributed by atoms with E-state index in [0.717, 1.165) is 111 Å². The summed E-state index contributed by atoms with van der Waals surface area (Å²) in [6.45, 7) is 0. The van der Waals surface area contributed by atoms with E-state index in [1.165, 1.54) is 54.4 Å². The van der Waals surface area contributed by atoms with Gasteiger partial charge in [-0.3, -0.25) is 4.57 Å². The molecule has 15 aromatic carbocycles. The van der Waals surface area contributed by atoms with Gasteiger partial charge in [0.15, 0.2) is 11.6 Å². The van der Waals surface area contributed by atoms with Gasteiger partial charge in [0.2, 0.25) is 0 Å². The first-order valence-electron chi connectivity index (χ1n) is 33.2. The number of rotatable bonds is 9. The molecule has 20 aromatic rings. The van der Waals surface area contributed by atoms with Crippen LogP contribution in [0.4, 0.5) is 17.1 Å². The molecule has 20 rings (SSSR count). The molecule has 0 aliphatic carbocycles. The number of anilines is 3. The molecule has 0 atom stereocenters. The Morgan fingerprint density at radius 2 is 0.602 bits per heavy atom. The Bertz CT molecular complexity index is 6280. The molecular formula is C90H58N8. The molecule has 0 amide bonds. The molecule has 0 aliphatic heterocycles. The predicted molar refractivity (Wildman–Crippen MR) is 408 cm³/mol. The molecule has 0 N–H and O–H groups in total. The maximum atomic E-state index is 5.36. The molecule has 5 heterocycles. The van der Waals surface area contributed by atoms with Gasteiger partial charge in [-0.15, -0.1) is 0 Å². The van der Waals surface area contributed by atoms with Crippen LogP contribution >= 0.6 is 0 Å². The minimum Gasteiger partial charge on any atom is -0.311 e. The molecule has 458 valence electrons. The zero-order valence-electron chi connectivity index (χ0n) is 53.1. The molecule has 0 unspecified atom stereocenters. The monoisotopic (exact) mass is 1250 g/mol. The molecule has 0 spiro atoms. The van der Waals surface area contributed by atoms with Crippen molar-refractivity contribution in [1.29, 1.82) is 0 Å². The summed E-state index contributed by atoms with van der Waals surface area (Å²) < 4.78 is 7.05. The van der Waals surface area contributed by atoms with Crippen LogP contribution in [0.5, 0.6) is 0 Å². The average Bonchev–Trinajstić information content (AvgIpc) is 1.41. The summed E-state index contributed by atoms with van der Waals surface area (Å²) in [7, 11) is 0. The van der Waals surface area contributed by atoms with Gasteiger partial charge >= 0.3 is 0 Å². The van der Waals surface area contributed by atoms with Crippen LogP contribution in [0.3, 0.4) is 0 Å². The van der Waals surface area contributed by atoms with Gasteiger partial charge in [0.05, 0.1) is 55.5 Å². The lowest BCUT2D eigenvalue weighted by atomic mass is 9.99. The summed E-state index contributed by atoms with van der Waals surface area (Å²) in [5, 5.41) is 13.9. The fourth-order valence-electron chi connectivity index (χ4n) is 14.9. The molecule has 0 aliphatic rings. The van der Waals surface area contributed by atoms with Crippen molar-refractivity contribution in [1.82, 2.24) is 33.6 Å². The second-order valence-corrected chi connectivity index (χ2v) is 24.9. The summed E-state index contributed by atoms with van der Waals surface area (Å²) in [5.74, 6) is 2.28. The van der Waals surface area contributed by atoms with Crippen LogP contribution in [0.2, 0.25) is 0 Å². The van der Waals surface area contributed by atoms with Crippen molar-refractivity contribution < 1.29 is 0 Å². The lowest BCUT2D eigenvalue weighted by molar-refractivity contribution is 1.08. The molecule has 8 nitrogen and oxygen atoms in total. The summed E-state index contributed by atoms with van der Waals surface area (Å²) >= 11 is 0. The Labute approximate surface area is 564 Å². The first-order chi connectivity index (χ1) is 48.6. The summed E-state index contributed by atoms with van der Waals surface area (Å²) in [6, 6.07) is 124. The van der Waals surface area contributed by atoms with Crippen molar-refractivity contribution in [3.8, 4) is 51.2 Å². The maximum Gasteiger partial charge on any atom is 0.162 e. The van der Waals surface area contributed by atoms with Crippen molar-refractivity contribution >= 4 is 126 Å². The van der Waals surface area contributed by atoms with E-state index in [0.29, 0.717) is 11.6 Å². The zero-order chi connectivity index (χ0) is 64.6. The molecule has 0 fully saturated rings. The van der Waals surface area contributed by atoms with Crippen LogP contribution in [0, 0.1) is 0 Å². The van der Waals surface area contributed by atoms with E-state index in [9.17, 15) is 0 Å². The number of hydrogen-bond acceptors (Lipinski definition) is 5. The van der Waals surface area contributed by atoms with E-state index in [1.807, 2.05) is 12.1 Å². The second-order valence-electron chi connectivity index (χ2n) is 24.9. The van der Waals surface area contributed by atoms with Gasteiger partial charge in [0, 0.05) is 98.7 Å². The third kappa shape index (κ3) is 9.29. The normalized spacial score (nSPS) is 11.7. The smallest absolute Gasteiger partial charge is 0.162 e. The van der Waals surface area contributed by atoms with Crippen LogP contribution in [0.25, 0.3) is 160 Å². The highest BCUT2D eigenvalue weighted by molar-refractivity contribution is 6.17. The van der Waals surface area contributed by atoms with E-state index >= 15 is 0 Å². The minimum absolute atomic E-state index is 0.693.